The molecule has 0 unspecified atom stereocenters. The molecule has 12 heteroatoms. The first kappa shape index (κ1) is 35.3. The zero-order valence-corrected chi connectivity index (χ0v) is 30.1. The number of thiazole rings is 1. The van der Waals surface area contributed by atoms with E-state index in [0.717, 1.165) is 21.7 Å². The van der Waals surface area contributed by atoms with Crippen molar-refractivity contribution in [1.29, 1.82) is 0 Å². The van der Waals surface area contributed by atoms with Gasteiger partial charge in [0.1, 0.15) is 15.6 Å². The van der Waals surface area contributed by atoms with Gasteiger partial charge in [-0.15, -0.1) is 11.3 Å². The molecule has 48 heavy (non-hydrogen) atoms. The Bertz CT molecular complexity index is 1730. The predicted octanol–water partition coefficient (Wildman–Crippen LogP) is 6.04. The Morgan fingerprint density at radius 1 is 1.04 bits per heavy atom. The molecule has 0 radical (unpaired) electrons. The van der Waals surface area contributed by atoms with Gasteiger partial charge in [0, 0.05) is 38.3 Å². The van der Waals surface area contributed by atoms with Crippen LogP contribution in [0.5, 0.6) is 0 Å². The molecule has 0 bridgehead atoms. The highest BCUT2D eigenvalue weighted by Gasteiger charge is 2.50. The average molecular weight is 693 g/mol. The Balaban J connectivity index is 1.69. The zero-order valence-electron chi connectivity index (χ0n) is 28.3. The van der Waals surface area contributed by atoms with E-state index >= 15 is 8.78 Å². The lowest BCUT2D eigenvalue weighted by Crippen LogP contribution is -2.66. The molecule has 3 aromatic carbocycles. The summed E-state index contributed by atoms with van der Waals surface area (Å²) in [6.45, 7) is 10.9. The Morgan fingerprint density at radius 3 is 2.10 bits per heavy atom. The third-order valence-corrected chi connectivity index (χ3v) is 14.5. The summed E-state index contributed by atoms with van der Waals surface area (Å²) < 4.78 is 46.0. The summed E-state index contributed by atoms with van der Waals surface area (Å²) in [6.07, 6.45) is 0.886. The maximum Gasteiger partial charge on any atom is 0.265 e. The molecule has 0 spiro atoms. The summed E-state index contributed by atoms with van der Waals surface area (Å²) in [5.74, 6) is -2.58. The number of carbonyl (C=O) groups excluding carboxylic acids is 1. The van der Waals surface area contributed by atoms with E-state index in [9.17, 15) is 10.0 Å². The number of morpholine rings is 1. The van der Waals surface area contributed by atoms with Crippen molar-refractivity contribution in [3.63, 3.8) is 0 Å². The molecular formula is C36H42F2N4O4SSi. The van der Waals surface area contributed by atoms with E-state index in [2.05, 4.69) is 55.2 Å². The van der Waals surface area contributed by atoms with Crippen LogP contribution in [0.1, 0.15) is 60.4 Å². The molecule has 8 nitrogen and oxygen atoms in total. The maximum atomic E-state index is 16.6. The lowest BCUT2D eigenvalue weighted by atomic mass is 10.0. The lowest BCUT2D eigenvalue weighted by molar-refractivity contribution is -0.00553. The van der Waals surface area contributed by atoms with E-state index in [4.69, 9.17) is 9.16 Å². The standard InChI is InChI=1S/C36H42F2N4O4SSi/c1-23-20-42(21-24(2)46-23)33-25(18-28(30(37)31(33)38)32(40-44)34-39-19-29(47-34)35(43)41(6)7)22-45-48(36(3,4)5,26-14-10-8-11-15-26)27-16-12-9-13-17-27/h8-19,23-24,44H,20-22H2,1-7H3/b40-32-/t23-,24+. The van der Waals surface area contributed by atoms with Gasteiger partial charge in [0.05, 0.1) is 30.7 Å². The number of carbonyl (C=O) groups is 1. The van der Waals surface area contributed by atoms with Crippen LogP contribution in [0.4, 0.5) is 14.5 Å². The Morgan fingerprint density at radius 2 is 1.60 bits per heavy atom. The van der Waals surface area contributed by atoms with Crippen LogP contribution in [0.25, 0.3) is 0 Å². The number of nitrogens with zero attached hydrogens (tertiary/aromatic N) is 4. The minimum atomic E-state index is -3.09. The highest BCUT2D eigenvalue weighted by atomic mass is 32.1. The third-order valence-electron chi connectivity index (χ3n) is 8.54. The van der Waals surface area contributed by atoms with Gasteiger partial charge in [0.25, 0.3) is 14.2 Å². The average Bonchev–Trinajstić information content (AvgIpc) is 3.53. The third kappa shape index (κ3) is 6.80. The molecule has 1 aliphatic heterocycles. The molecule has 254 valence electrons. The smallest absolute Gasteiger partial charge is 0.265 e. The number of rotatable bonds is 9. The molecular weight excluding hydrogens is 651 g/mol. The number of hydrogen-bond donors (Lipinski definition) is 1. The number of amides is 1. The SMILES string of the molecule is C[C@@H]1CN(c2c(CO[Si](c3ccccc3)(c3ccccc3)C(C)(C)C)cc(/C(=N/O)c3ncc(C(=O)N(C)C)s3)c(F)c2F)C[C@H](C)O1. The van der Waals surface area contributed by atoms with Crippen molar-refractivity contribution in [2.75, 3.05) is 32.1 Å². The molecule has 5 rings (SSSR count). The molecule has 0 saturated carbocycles. The number of aromatic nitrogens is 1. The fourth-order valence-corrected chi connectivity index (χ4v) is 12.0. The van der Waals surface area contributed by atoms with Crippen molar-refractivity contribution in [1.82, 2.24) is 9.88 Å². The molecule has 4 aromatic rings. The van der Waals surface area contributed by atoms with E-state index < -0.39 is 20.0 Å². The first-order valence-electron chi connectivity index (χ1n) is 15.8. The van der Waals surface area contributed by atoms with Gasteiger partial charge < -0.3 is 24.2 Å². The Kier molecular flexibility index (Phi) is 10.5. The van der Waals surface area contributed by atoms with Crippen LogP contribution in [0, 0.1) is 11.6 Å². The van der Waals surface area contributed by atoms with Crippen LogP contribution in [0.15, 0.2) is 78.1 Å². The van der Waals surface area contributed by atoms with Crippen molar-refractivity contribution >= 4 is 47.3 Å². The summed E-state index contributed by atoms with van der Waals surface area (Å²) in [5, 5.41) is 15.3. The van der Waals surface area contributed by atoms with Crippen LogP contribution in [0.2, 0.25) is 5.04 Å². The summed E-state index contributed by atoms with van der Waals surface area (Å²) in [7, 11) is 0.108. The molecule has 1 fully saturated rings. The topological polar surface area (TPSA) is 87.5 Å². The van der Waals surface area contributed by atoms with Gasteiger partial charge in [-0.3, -0.25) is 4.79 Å². The van der Waals surface area contributed by atoms with Gasteiger partial charge in [0.2, 0.25) is 0 Å². The van der Waals surface area contributed by atoms with Crippen molar-refractivity contribution in [3.05, 3.63) is 106 Å². The first-order chi connectivity index (χ1) is 22.8. The second-order valence-electron chi connectivity index (χ2n) is 13.4. The van der Waals surface area contributed by atoms with Crippen molar-refractivity contribution in [3.8, 4) is 0 Å². The van der Waals surface area contributed by atoms with Gasteiger partial charge in [-0.1, -0.05) is 86.6 Å². The van der Waals surface area contributed by atoms with Crippen LogP contribution in [-0.2, 0) is 15.8 Å². The largest absolute Gasteiger partial charge is 0.410 e. The highest BCUT2D eigenvalue weighted by Crippen LogP contribution is 2.39. The number of hydrogen-bond acceptors (Lipinski definition) is 8. The van der Waals surface area contributed by atoms with Gasteiger partial charge in [-0.25, -0.2) is 13.8 Å². The summed E-state index contributed by atoms with van der Waals surface area (Å²) in [5.41, 5.74) is -0.0971. The molecule has 1 aromatic heterocycles. The van der Waals surface area contributed by atoms with Crippen LogP contribution >= 0.6 is 11.3 Å². The monoisotopic (exact) mass is 692 g/mol. The number of oxime groups is 1. The number of benzene rings is 3. The maximum absolute atomic E-state index is 16.6. The summed E-state index contributed by atoms with van der Waals surface area (Å²) in [6, 6.07) is 21.6. The van der Waals surface area contributed by atoms with Crippen molar-refractivity contribution in [2.45, 2.75) is 58.5 Å². The van der Waals surface area contributed by atoms with Crippen LogP contribution in [-0.4, -0.2) is 74.4 Å². The number of anilines is 1. The van der Waals surface area contributed by atoms with E-state index in [1.807, 2.05) is 50.2 Å². The molecule has 1 saturated heterocycles. The van der Waals surface area contributed by atoms with E-state index in [1.165, 1.54) is 17.2 Å². The second-order valence-corrected chi connectivity index (χ2v) is 18.7. The van der Waals surface area contributed by atoms with Gasteiger partial charge in [-0.2, -0.15) is 0 Å². The first-order valence-corrected chi connectivity index (χ1v) is 18.6. The van der Waals surface area contributed by atoms with Crippen LogP contribution < -0.4 is 15.3 Å². The Labute approximate surface area is 285 Å². The highest BCUT2D eigenvalue weighted by molar-refractivity contribution is 7.15. The van der Waals surface area contributed by atoms with Gasteiger partial charge >= 0.3 is 0 Å². The minimum absolute atomic E-state index is 0.0616. The minimum Gasteiger partial charge on any atom is -0.410 e. The second kappa shape index (κ2) is 14.3. The molecule has 0 aliphatic carbocycles. The number of ether oxygens (including phenoxy) is 1. The van der Waals surface area contributed by atoms with E-state index in [1.54, 1.807) is 19.0 Å². The van der Waals surface area contributed by atoms with E-state index in [0.29, 0.717) is 18.7 Å². The molecule has 1 N–H and O–H groups in total. The Hall–Kier alpha value is -3.97. The predicted molar refractivity (Wildman–Crippen MR) is 189 cm³/mol. The quantitative estimate of drug-likeness (QED) is 0.0997. The normalized spacial score (nSPS) is 17.4. The van der Waals surface area contributed by atoms with Gasteiger partial charge in [-0.05, 0) is 35.3 Å². The number of halogens is 2. The fourth-order valence-electron chi connectivity index (χ4n) is 6.52. The molecule has 1 amide bonds. The van der Waals surface area contributed by atoms with Crippen molar-refractivity contribution < 1.29 is 27.9 Å². The fraction of sp³-hybridized carbons (Fsp3) is 0.361. The summed E-state index contributed by atoms with van der Waals surface area (Å²) >= 11 is 0.932. The van der Waals surface area contributed by atoms with Gasteiger partial charge in [0.15, 0.2) is 11.6 Å². The lowest BCUT2D eigenvalue weighted by Gasteiger charge is -2.43. The van der Waals surface area contributed by atoms with Crippen LogP contribution in [0.3, 0.4) is 0 Å². The zero-order chi connectivity index (χ0) is 34.8. The summed E-state index contributed by atoms with van der Waals surface area (Å²) in [4.78, 5) is 20.3. The molecule has 2 atom stereocenters. The van der Waals surface area contributed by atoms with Crippen molar-refractivity contribution in [2.24, 2.45) is 5.16 Å². The molecule has 2 heterocycles. The van der Waals surface area contributed by atoms with E-state index in [-0.39, 0.29) is 56.6 Å². The molecule has 1 aliphatic rings.